The van der Waals surface area contributed by atoms with E-state index in [4.69, 9.17) is 4.74 Å². The molecule has 0 saturated heterocycles. The number of ether oxygens (including phenoxy) is 1. The van der Waals surface area contributed by atoms with E-state index in [-0.39, 0.29) is 35.9 Å². The number of halogens is 1. The van der Waals surface area contributed by atoms with Crippen molar-refractivity contribution in [1.29, 1.82) is 0 Å². The number of nitrogens with zero attached hydrogens (tertiary/aromatic N) is 2. The summed E-state index contributed by atoms with van der Waals surface area (Å²) in [4.78, 5) is 29.2. The highest BCUT2D eigenvalue weighted by Crippen LogP contribution is 2.07. The van der Waals surface area contributed by atoms with Gasteiger partial charge >= 0.3 is 6.09 Å². The number of nitrogens with one attached hydrogen (secondary N) is 3. The Kier molecular flexibility index (Phi) is 15.3. The van der Waals surface area contributed by atoms with Gasteiger partial charge in [-0.15, -0.1) is 24.0 Å². The van der Waals surface area contributed by atoms with Crippen LogP contribution < -0.4 is 16.0 Å². The van der Waals surface area contributed by atoms with E-state index in [9.17, 15) is 9.59 Å². The van der Waals surface area contributed by atoms with Crippen LogP contribution in [0.3, 0.4) is 0 Å². The first-order valence-electron chi connectivity index (χ1n) is 9.23. The Morgan fingerprint density at radius 1 is 1.19 bits per heavy atom. The third kappa shape index (κ3) is 15.5. The molecule has 0 bridgehead atoms. The second-order valence-corrected chi connectivity index (χ2v) is 7.40. The van der Waals surface area contributed by atoms with Crippen LogP contribution in [0.2, 0.25) is 0 Å². The van der Waals surface area contributed by atoms with E-state index in [1.54, 1.807) is 26.0 Å². The number of carbonyl (C=O) groups excluding carboxylic acids is 2. The molecule has 0 aliphatic carbocycles. The zero-order valence-electron chi connectivity index (χ0n) is 17.8. The molecule has 9 heteroatoms. The number of hydrogen-bond acceptors (Lipinski definition) is 4. The second-order valence-electron chi connectivity index (χ2n) is 7.40. The van der Waals surface area contributed by atoms with Gasteiger partial charge in [-0.1, -0.05) is 19.8 Å². The molecule has 1 unspecified atom stereocenters. The SMILES string of the molecule is CCCCC(CNC(=O)OC(C)(C)C)NC(=NC)NCCC(=O)N(C)C.I. The first-order valence-corrected chi connectivity index (χ1v) is 9.23. The number of aliphatic imine (C=N–C) groups is 1. The molecular weight excluding hydrogens is 461 g/mol. The molecule has 0 aromatic heterocycles. The maximum atomic E-state index is 11.9. The van der Waals surface area contributed by atoms with Crippen molar-refractivity contribution in [3.63, 3.8) is 0 Å². The average Bonchev–Trinajstić information content (AvgIpc) is 2.53. The molecule has 0 aromatic rings. The Labute approximate surface area is 181 Å². The highest BCUT2D eigenvalue weighted by atomic mass is 127. The molecule has 0 spiro atoms. The van der Waals surface area contributed by atoms with Crippen molar-refractivity contribution in [2.45, 2.75) is 65.0 Å². The molecule has 0 rings (SSSR count). The highest BCUT2D eigenvalue weighted by Gasteiger charge is 2.18. The van der Waals surface area contributed by atoms with Crippen molar-refractivity contribution in [2.75, 3.05) is 34.2 Å². The summed E-state index contributed by atoms with van der Waals surface area (Å²) in [6.45, 7) is 8.56. The summed E-state index contributed by atoms with van der Waals surface area (Å²) < 4.78 is 5.27. The van der Waals surface area contributed by atoms with Gasteiger partial charge in [0.05, 0.1) is 0 Å². The van der Waals surface area contributed by atoms with Crippen molar-refractivity contribution in [2.24, 2.45) is 4.99 Å². The number of unbranched alkanes of at least 4 members (excludes halogenated alkanes) is 1. The van der Waals surface area contributed by atoms with Crippen LogP contribution in [0.5, 0.6) is 0 Å². The average molecular weight is 499 g/mol. The quantitative estimate of drug-likeness (QED) is 0.257. The van der Waals surface area contributed by atoms with Crippen LogP contribution in [-0.4, -0.2) is 68.7 Å². The molecule has 0 aliphatic heterocycles. The van der Waals surface area contributed by atoms with Crippen LogP contribution in [0, 0.1) is 0 Å². The molecule has 27 heavy (non-hydrogen) atoms. The minimum atomic E-state index is -0.521. The van der Waals surface area contributed by atoms with Gasteiger partial charge in [0.1, 0.15) is 5.60 Å². The fourth-order valence-corrected chi connectivity index (χ4v) is 2.10. The minimum absolute atomic E-state index is 0. The lowest BCUT2D eigenvalue weighted by molar-refractivity contribution is -0.128. The van der Waals surface area contributed by atoms with E-state index < -0.39 is 11.7 Å². The number of amides is 2. The summed E-state index contributed by atoms with van der Waals surface area (Å²) in [6.07, 6.45) is 2.95. The molecule has 160 valence electrons. The molecule has 0 fully saturated rings. The Morgan fingerprint density at radius 3 is 2.30 bits per heavy atom. The standard InChI is InChI=1S/C18H37N5O3.HI/c1-8-9-10-14(13-21-17(25)26-18(2,3)4)22-16(19-5)20-12-11-15(24)23(6)7;/h14H,8-13H2,1-7H3,(H,21,25)(H2,19,20,22);1H. The van der Waals surface area contributed by atoms with Crippen LogP contribution in [0.25, 0.3) is 0 Å². The van der Waals surface area contributed by atoms with E-state index in [1.165, 1.54) is 0 Å². The molecule has 0 saturated carbocycles. The first kappa shape index (κ1) is 28.0. The monoisotopic (exact) mass is 499 g/mol. The van der Waals surface area contributed by atoms with Crippen LogP contribution in [-0.2, 0) is 9.53 Å². The zero-order chi connectivity index (χ0) is 20.2. The van der Waals surface area contributed by atoms with E-state index in [0.717, 1.165) is 19.3 Å². The molecule has 0 heterocycles. The maximum Gasteiger partial charge on any atom is 0.407 e. The summed E-state index contributed by atoms with van der Waals surface area (Å²) in [7, 11) is 5.15. The smallest absolute Gasteiger partial charge is 0.407 e. The topological polar surface area (TPSA) is 95.1 Å². The van der Waals surface area contributed by atoms with Gasteiger partial charge < -0.3 is 25.6 Å². The summed E-state index contributed by atoms with van der Waals surface area (Å²) in [5.41, 5.74) is -0.521. The van der Waals surface area contributed by atoms with Crippen molar-refractivity contribution >= 4 is 41.9 Å². The van der Waals surface area contributed by atoms with Gasteiger partial charge in [-0.25, -0.2) is 4.79 Å². The maximum absolute atomic E-state index is 11.9. The van der Waals surface area contributed by atoms with E-state index in [0.29, 0.717) is 25.5 Å². The van der Waals surface area contributed by atoms with Gasteiger partial charge in [-0.05, 0) is 27.2 Å². The minimum Gasteiger partial charge on any atom is -0.444 e. The summed E-state index contributed by atoms with van der Waals surface area (Å²) in [6, 6.07) is 0.0261. The molecule has 2 amide bonds. The third-order valence-electron chi connectivity index (χ3n) is 3.49. The Balaban J connectivity index is 0. The van der Waals surface area contributed by atoms with Crippen molar-refractivity contribution in [3.8, 4) is 0 Å². The lowest BCUT2D eigenvalue weighted by atomic mass is 10.1. The summed E-state index contributed by atoms with van der Waals surface area (Å²) in [5, 5.41) is 9.24. The van der Waals surface area contributed by atoms with Crippen LogP contribution in [0.1, 0.15) is 53.4 Å². The van der Waals surface area contributed by atoms with Gasteiger partial charge in [0, 0.05) is 46.7 Å². The van der Waals surface area contributed by atoms with Crippen molar-refractivity contribution in [1.82, 2.24) is 20.9 Å². The van der Waals surface area contributed by atoms with Gasteiger partial charge in [-0.3, -0.25) is 9.79 Å². The second kappa shape index (κ2) is 14.8. The number of rotatable bonds is 9. The molecular formula is C18H38IN5O3. The summed E-state index contributed by atoms with van der Waals surface area (Å²) >= 11 is 0. The molecule has 1 atom stereocenters. The van der Waals surface area contributed by atoms with Crippen molar-refractivity contribution < 1.29 is 14.3 Å². The third-order valence-corrected chi connectivity index (χ3v) is 3.49. The molecule has 8 nitrogen and oxygen atoms in total. The van der Waals surface area contributed by atoms with Crippen molar-refractivity contribution in [3.05, 3.63) is 0 Å². The van der Waals surface area contributed by atoms with Crippen LogP contribution in [0.4, 0.5) is 4.79 Å². The fourth-order valence-electron chi connectivity index (χ4n) is 2.10. The molecule has 0 aromatic carbocycles. The van der Waals surface area contributed by atoms with Crippen LogP contribution >= 0.6 is 24.0 Å². The van der Waals surface area contributed by atoms with E-state index >= 15 is 0 Å². The molecule has 0 radical (unpaired) electrons. The lowest BCUT2D eigenvalue weighted by Gasteiger charge is -2.24. The summed E-state index contributed by atoms with van der Waals surface area (Å²) in [5.74, 6) is 0.672. The number of alkyl carbamates (subject to hydrolysis) is 1. The number of hydrogen-bond donors (Lipinski definition) is 3. The number of guanidine groups is 1. The lowest BCUT2D eigenvalue weighted by Crippen LogP contribution is -2.49. The first-order chi connectivity index (χ1) is 12.1. The largest absolute Gasteiger partial charge is 0.444 e. The highest BCUT2D eigenvalue weighted by molar-refractivity contribution is 14.0. The Bertz CT molecular complexity index is 464. The van der Waals surface area contributed by atoms with Gasteiger partial charge in [0.15, 0.2) is 5.96 Å². The van der Waals surface area contributed by atoms with Gasteiger partial charge in [0.25, 0.3) is 0 Å². The van der Waals surface area contributed by atoms with E-state index in [1.807, 2.05) is 20.8 Å². The Morgan fingerprint density at radius 2 is 1.81 bits per heavy atom. The number of carbonyl (C=O) groups is 2. The predicted octanol–water partition coefficient (Wildman–Crippen LogP) is 2.33. The molecule has 0 aliphatic rings. The predicted molar refractivity (Wildman–Crippen MR) is 121 cm³/mol. The zero-order valence-corrected chi connectivity index (χ0v) is 20.2. The Hall–Kier alpha value is -1.26. The van der Waals surface area contributed by atoms with E-state index in [2.05, 4.69) is 27.9 Å². The fraction of sp³-hybridized carbons (Fsp3) is 0.833. The van der Waals surface area contributed by atoms with Gasteiger partial charge in [0.2, 0.25) is 5.91 Å². The van der Waals surface area contributed by atoms with Gasteiger partial charge in [-0.2, -0.15) is 0 Å². The normalized spacial score (nSPS) is 12.5. The molecule has 3 N–H and O–H groups in total. The van der Waals surface area contributed by atoms with Crippen LogP contribution in [0.15, 0.2) is 4.99 Å².